The third-order valence-electron chi connectivity index (χ3n) is 6.08. The Balaban J connectivity index is 1.30. The van der Waals surface area contributed by atoms with Gasteiger partial charge in [0.2, 0.25) is 17.8 Å². The number of rotatable bonds is 10. The first-order valence-corrected chi connectivity index (χ1v) is 12.9. The number of ether oxygens (including phenoxy) is 4. The molecule has 3 aromatic rings. The number of aromatic nitrogens is 3. The largest absolute Gasteiger partial charge is 0.490 e. The normalized spacial score (nSPS) is 16.0. The highest BCUT2D eigenvalue weighted by Crippen LogP contribution is 2.29. The Kier molecular flexibility index (Phi) is 8.80. The van der Waals surface area contributed by atoms with Crippen molar-refractivity contribution in [2.45, 2.75) is 13.5 Å². The first kappa shape index (κ1) is 25.7. The molecule has 200 valence electrons. The molecule has 1 aromatic heterocycles. The average Bonchev–Trinajstić information content (AvgIpc) is 2.98. The predicted octanol–water partition coefficient (Wildman–Crippen LogP) is 2.97. The van der Waals surface area contributed by atoms with Gasteiger partial charge in [0.1, 0.15) is 6.61 Å². The summed E-state index contributed by atoms with van der Waals surface area (Å²) in [5, 5.41) is 4.40. The molecule has 0 amide bonds. The summed E-state index contributed by atoms with van der Waals surface area (Å²) in [6.07, 6.45) is 1.70. The van der Waals surface area contributed by atoms with E-state index in [9.17, 15) is 0 Å². The lowest BCUT2D eigenvalue weighted by atomic mass is 10.2. The van der Waals surface area contributed by atoms with Crippen LogP contribution in [0.3, 0.4) is 0 Å². The third kappa shape index (κ3) is 6.87. The SMILES string of the molecule is CCOc1cc(/C=N\Nc2nc(N3CCOCC3)nc(N3CCOCC3)n2)ccc1OCc1ccccc1. The van der Waals surface area contributed by atoms with E-state index in [1.165, 1.54) is 0 Å². The van der Waals surface area contributed by atoms with Crippen LogP contribution in [-0.4, -0.2) is 80.4 Å². The quantitative estimate of drug-likeness (QED) is 0.317. The van der Waals surface area contributed by atoms with Gasteiger partial charge in [-0.05, 0) is 36.2 Å². The van der Waals surface area contributed by atoms with Gasteiger partial charge < -0.3 is 28.7 Å². The average molecular weight is 520 g/mol. The maximum absolute atomic E-state index is 6.01. The van der Waals surface area contributed by atoms with E-state index in [0.29, 0.717) is 69.0 Å². The molecule has 11 nitrogen and oxygen atoms in total. The zero-order valence-electron chi connectivity index (χ0n) is 21.6. The molecule has 0 atom stereocenters. The second-order valence-electron chi connectivity index (χ2n) is 8.74. The molecule has 3 heterocycles. The van der Waals surface area contributed by atoms with Crippen LogP contribution in [0.4, 0.5) is 17.8 Å². The Morgan fingerprint density at radius 3 is 2.13 bits per heavy atom. The fraction of sp³-hybridized carbons (Fsp3) is 0.407. The van der Waals surface area contributed by atoms with Crippen LogP contribution in [-0.2, 0) is 16.1 Å². The molecule has 0 aliphatic carbocycles. The Bertz CT molecular complexity index is 1160. The van der Waals surface area contributed by atoms with Crippen LogP contribution in [0.1, 0.15) is 18.1 Å². The molecular formula is C27H33N7O4. The fourth-order valence-electron chi connectivity index (χ4n) is 4.11. The van der Waals surface area contributed by atoms with Gasteiger partial charge in [0.25, 0.3) is 0 Å². The monoisotopic (exact) mass is 519 g/mol. The van der Waals surface area contributed by atoms with E-state index in [4.69, 9.17) is 23.9 Å². The van der Waals surface area contributed by atoms with Crippen molar-refractivity contribution in [2.75, 3.05) is 74.4 Å². The van der Waals surface area contributed by atoms with Gasteiger partial charge in [0.05, 0.1) is 39.2 Å². The summed E-state index contributed by atoms with van der Waals surface area (Å²) in [5.41, 5.74) is 4.93. The van der Waals surface area contributed by atoms with Gasteiger partial charge in [-0.1, -0.05) is 30.3 Å². The van der Waals surface area contributed by atoms with Crippen molar-refractivity contribution in [1.82, 2.24) is 15.0 Å². The molecule has 2 aromatic carbocycles. The number of nitrogens with zero attached hydrogens (tertiary/aromatic N) is 6. The zero-order valence-corrected chi connectivity index (χ0v) is 21.6. The van der Waals surface area contributed by atoms with Crippen LogP contribution in [0.15, 0.2) is 53.6 Å². The highest BCUT2D eigenvalue weighted by Gasteiger charge is 2.20. The molecule has 2 fully saturated rings. The lowest BCUT2D eigenvalue weighted by Crippen LogP contribution is -2.40. The van der Waals surface area contributed by atoms with E-state index in [1.807, 2.05) is 55.5 Å². The summed E-state index contributed by atoms with van der Waals surface area (Å²) in [6.45, 7) is 8.44. The number of hydrogen-bond acceptors (Lipinski definition) is 11. The van der Waals surface area contributed by atoms with Crippen LogP contribution in [0.5, 0.6) is 11.5 Å². The van der Waals surface area contributed by atoms with Crippen molar-refractivity contribution < 1.29 is 18.9 Å². The van der Waals surface area contributed by atoms with Crippen molar-refractivity contribution in [2.24, 2.45) is 5.10 Å². The molecule has 1 N–H and O–H groups in total. The van der Waals surface area contributed by atoms with Gasteiger partial charge in [-0.3, -0.25) is 0 Å². The van der Waals surface area contributed by atoms with Crippen LogP contribution < -0.4 is 24.7 Å². The van der Waals surface area contributed by atoms with Crippen LogP contribution >= 0.6 is 0 Å². The molecular weight excluding hydrogens is 486 g/mol. The molecule has 2 aliphatic heterocycles. The predicted molar refractivity (Wildman–Crippen MR) is 145 cm³/mol. The van der Waals surface area contributed by atoms with Gasteiger partial charge >= 0.3 is 0 Å². The van der Waals surface area contributed by atoms with Gasteiger partial charge in [-0.15, -0.1) is 0 Å². The third-order valence-corrected chi connectivity index (χ3v) is 6.08. The van der Waals surface area contributed by atoms with E-state index in [0.717, 1.165) is 37.3 Å². The van der Waals surface area contributed by atoms with E-state index >= 15 is 0 Å². The van der Waals surface area contributed by atoms with Crippen LogP contribution in [0.25, 0.3) is 0 Å². The van der Waals surface area contributed by atoms with E-state index in [-0.39, 0.29) is 0 Å². The van der Waals surface area contributed by atoms with Crippen molar-refractivity contribution in [3.8, 4) is 11.5 Å². The lowest BCUT2D eigenvalue weighted by molar-refractivity contribution is 0.121. The maximum atomic E-state index is 6.01. The molecule has 0 saturated carbocycles. The second-order valence-corrected chi connectivity index (χ2v) is 8.74. The molecule has 2 saturated heterocycles. The highest BCUT2D eigenvalue weighted by atomic mass is 16.5. The molecule has 11 heteroatoms. The van der Waals surface area contributed by atoms with E-state index < -0.39 is 0 Å². The van der Waals surface area contributed by atoms with Crippen LogP contribution in [0, 0.1) is 0 Å². The van der Waals surface area contributed by atoms with E-state index in [2.05, 4.69) is 30.3 Å². The van der Waals surface area contributed by atoms with Crippen molar-refractivity contribution >= 4 is 24.1 Å². The summed E-state index contributed by atoms with van der Waals surface area (Å²) in [6, 6.07) is 15.8. The Hall–Kier alpha value is -3.96. The number of morpholine rings is 2. The minimum absolute atomic E-state index is 0.382. The summed E-state index contributed by atoms with van der Waals surface area (Å²) >= 11 is 0. The summed E-state index contributed by atoms with van der Waals surface area (Å²) in [4.78, 5) is 18.2. The first-order chi connectivity index (χ1) is 18.8. The minimum Gasteiger partial charge on any atom is -0.490 e. The summed E-state index contributed by atoms with van der Waals surface area (Å²) < 4.78 is 22.8. The molecule has 38 heavy (non-hydrogen) atoms. The number of hydrazone groups is 1. The van der Waals surface area contributed by atoms with Gasteiger partial charge in [-0.25, -0.2) is 5.43 Å². The van der Waals surface area contributed by atoms with Crippen molar-refractivity contribution in [3.05, 3.63) is 59.7 Å². The summed E-state index contributed by atoms with van der Waals surface area (Å²) in [5.74, 6) is 2.95. The van der Waals surface area contributed by atoms with Gasteiger partial charge in [-0.2, -0.15) is 20.1 Å². The van der Waals surface area contributed by atoms with Crippen LogP contribution in [0.2, 0.25) is 0 Å². The molecule has 0 spiro atoms. The number of nitrogens with one attached hydrogen (secondary N) is 1. The first-order valence-electron chi connectivity index (χ1n) is 12.9. The van der Waals surface area contributed by atoms with E-state index in [1.54, 1.807) is 6.21 Å². The fourth-order valence-corrected chi connectivity index (χ4v) is 4.11. The minimum atomic E-state index is 0.382. The van der Waals surface area contributed by atoms with Crippen molar-refractivity contribution in [1.29, 1.82) is 0 Å². The second kappa shape index (κ2) is 13.0. The molecule has 0 radical (unpaired) electrons. The lowest BCUT2D eigenvalue weighted by Gasteiger charge is -2.30. The van der Waals surface area contributed by atoms with Gasteiger partial charge in [0.15, 0.2) is 11.5 Å². The Morgan fingerprint density at radius 1 is 0.842 bits per heavy atom. The molecule has 0 unspecified atom stereocenters. The topological polar surface area (TPSA) is 106 Å². The molecule has 2 aliphatic rings. The number of hydrogen-bond donors (Lipinski definition) is 1. The zero-order chi connectivity index (χ0) is 26.0. The Labute approximate surface area is 222 Å². The summed E-state index contributed by atoms with van der Waals surface area (Å²) in [7, 11) is 0. The number of anilines is 3. The standard InChI is InChI=1S/C27H33N7O4/c1-2-37-24-18-22(8-9-23(24)38-20-21-6-4-3-5-7-21)19-28-32-25-29-26(33-10-14-35-15-11-33)31-27(30-25)34-12-16-36-17-13-34/h3-9,18-19H,2,10-17,20H2,1H3,(H,29,30,31,32)/b28-19-. The smallest absolute Gasteiger partial charge is 0.250 e. The molecule has 0 bridgehead atoms. The maximum Gasteiger partial charge on any atom is 0.250 e. The Morgan fingerprint density at radius 2 is 1.50 bits per heavy atom. The molecule has 5 rings (SSSR count). The highest BCUT2D eigenvalue weighted by molar-refractivity contribution is 5.81. The van der Waals surface area contributed by atoms with Crippen molar-refractivity contribution in [3.63, 3.8) is 0 Å². The number of benzene rings is 2. The van der Waals surface area contributed by atoms with Gasteiger partial charge in [0, 0.05) is 26.2 Å².